The number of aliphatic imine (C=N–C) groups is 2. The van der Waals surface area contributed by atoms with E-state index < -0.39 is 0 Å². The van der Waals surface area contributed by atoms with Crippen molar-refractivity contribution in [1.29, 1.82) is 0 Å². The van der Waals surface area contributed by atoms with Gasteiger partial charge in [-0.3, -0.25) is 9.98 Å². The van der Waals surface area contributed by atoms with E-state index >= 15 is 0 Å². The molecule has 0 fully saturated rings. The number of hydrogen-bond donors (Lipinski definition) is 2. The van der Waals surface area contributed by atoms with Gasteiger partial charge < -0.3 is 10.2 Å². The lowest BCUT2D eigenvalue weighted by Gasteiger charge is -2.22. The maximum Gasteiger partial charge on any atom is 0.127 e. The van der Waals surface area contributed by atoms with E-state index in [0.717, 1.165) is 22.3 Å². The molecule has 190 valence electrons. The van der Waals surface area contributed by atoms with Crippen LogP contribution < -0.4 is 0 Å². The van der Waals surface area contributed by atoms with Crippen LogP contribution in [0.1, 0.15) is 45.5 Å². The predicted octanol–water partition coefficient (Wildman–Crippen LogP) is 7.58. The molecule has 2 atom stereocenters. The molecule has 0 aliphatic rings. The average molecular weight is 501 g/mol. The van der Waals surface area contributed by atoms with E-state index in [1.807, 2.05) is 97.1 Å². The van der Waals surface area contributed by atoms with Crippen molar-refractivity contribution >= 4 is 12.4 Å². The Labute approximate surface area is 224 Å². The lowest BCUT2D eigenvalue weighted by molar-refractivity contribution is 0.468. The number of phenols is 2. The molecule has 0 aliphatic heterocycles. The molecule has 0 bridgehead atoms. The molecule has 0 aliphatic carbocycles. The first-order valence-electron chi connectivity index (χ1n) is 12.6. The van der Waals surface area contributed by atoms with Gasteiger partial charge in [0.25, 0.3) is 0 Å². The summed E-state index contributed by atoms with van der Waals surface area (Å²) in [5.74, 6) is 0.401. The van der Waals surface area contributed by atoms with Crippen LogP contribution in [0.3, 0.4) is 0 Å². The van der Waals surface area contributed by atoms with Gasteiger partial charge >= 0.3 is 0 Å². The maximum atomic E-state index is 10.8. The molecule has 4 nitrogen and oxygen atoms in total. The number of allylic oxidation sites excluding steroid dienone is 2. The predicted molar refractivity (Wildman–Crippen MR) is 158 cm³/mol. The highest BCUT2D eigenvalue weighted by atomic mass is 16.3. The summed E-state index contributed by atoms with van der Waals surface area (Å²) in [4.78, 5) is 9.97. The van der Waals surface area contributed by atoms with Gasteiger partial charge in [-0.2, -0.15) is 0 Å². The second-order valence-corrected chi connectivity index (χ2v) is 8.96. The summed E-state index contributed by atoms with van der Waals surface area (Å²) in [5.41, 5.74) is 4.84. The molecule has 4 aromatic rings. The normalized spacial score (nSPS) is 12.9. The number of hydrogen-bond acceptors (Lipinski definition) is 4. The van der Waals surface area contributed by atoms with Crippen LogP contribution in [0.15, 0.2) is 132 Å². The fourth-order valence-electron chi connectivity index (χ4n) is 4.39. The van der Waals surface area contributed by atoms with Crippen molar-refractivity contribution in [2.24, 2.45) is 9.98 Å². The second-order valence-electron chi connectivity index (χ2n) is 8.96. The highest BCUT2D eigenvalue weighted by Crippen LogP contribution is 2.36. The van der Waals surface area contributed by atoms with Crippen molar-refractivity contribution < 1.29 is 10.2 Å². The molecular weight excluding hydrogens is 468 g/mol. The summed E-state index contributed by atoms with van der Waals surface area (Å²) in [6.07, 6.45) is 8.10. The van der Waals surface area contributed by atoms with Gasteiger partial charge in [-0.25, -0.2) is 0 Å². The lowest BCUT2D eigenvalue weighted by Crippen LogP contribution is -2.09. The molecule has 0 heterocycles. The van der Waals surface area contributed by atoms with Crippen molar-refractivity contribution in [3.63, 3.8) is 0 Å². The Hall–Kier alpha value is -4.70. The van der Waals surface area contributed by atoms with Gasteiger partial charge in [0.2, 0.25) is 0 Å². The fraction of sp³-hybridized carbons (Fsp3) is 0.118. The van der Waals surface area contributed by atoms with Crippen molar-refractivity contribution in [1.82, 2.24) is 0 Å². The van der Waals surface area contributed by atoms with Gasteiger partial charge in [0, 0.05) is 23.6 Å². The number of benzene rings is 4. The SMILES string of the molecule is C=CCc1cccc(C=NC(c2ccccc2)C(N=Cc2cccc(CC=C)c2O)c2ccccc2)c1O. The van der Waals surface area contributed by atoms with Crippen molar-refractivity contribution in [3.05, 3.63) is 156 Å². The van der Waals surface area contributed by atoms with Crippen LogP contribution in [0.2, 0.25) is 0 Å². The second kappa shape index (κ2) is 13.0. The molecule has 0 radical (unpaired) electrons. The van der Waals surface area contributed by atoms with Crippen LogP contribution in [-0.4, -0.2) is 22.6 Å². The molecule has 4 heteroatoms. The van der Waals surface area contributed by atoms with Gasteiger partial charge in [0.05, 0.1) is 0 Å². The molecule has 38 heavy (non-hydrogen) atoms. The minimum Gasteiger partial charge on any atom is -0.507 e. The van der Waals surface area contributed by atoms with Crippen LogP contribution in [0.25, 0.3) is 0 Å². The lowest BCUT2D eigenvalue weighted by atomic mass is 9.94. The third kappa shape index (κ3) is 6.34. The zero-order valence-corrected chi connectivity index (χ0v) is 21.3. The van der Waals surface area contributed by atoms with Crippen LogP contribution >= 0.6 is 0 Å². The highest BCUT2D eigenvalue weighted by molar-refractivity contribution is 5.85. The summed E-state index contributed by atoms with van der Waals surface area (Å²) in [6, 6.07) is 30.5. The van der Waals surface area contributed by atoms with E-state index in [9.17, 15) is 10.2 Å². The summed E-state index contributed by atoms with van der Waals surface area (Å²) in [7, 11) is 0. The molecule has 0 aromatic heterocycles. The Balaban J connectivity index is 1.80. The average Bonchev–Trinajstić information content (AvgIpc) is 2.95. The summed E-state index contributed by atoms with van der Waals surface area (Å²) in [5, 5.41) is 21.6. The van der Waals surface area contributed by atoms with Gasteiger partial charge in [0.1, 0.15) is 23.6 Å². The quantitative estimate of drug-likeness (QED) is 0.165. The van der Waals surface area contributed by atoms with Crippen LogP contribution in [0.4, 0.5) is 0 Å². The van der Waals surface area contributed by atoms with Gasteiger partial charge in [0.15, 0.2) is 0 Å². The molecule has 0 saturated carbocycles. The third-order valence-electron chi connectivity index (χ3n) is 6.36. The van der Waals surface area contributed by atoms with Crippen LogP contribution in [-0.2, 0) is 12.8 Å². The van der Waals surface area contributed by atoms with Gasteiger partial charge in [-0.05, 0) is 47.2 Å². The van der Waals surface area contributed by atoms with E-state index in [1.54, 1.807) is 24.6 Å². The number of aromatic hydroxyl groups is 2. The number of para-hydroxylation sites is 2. The summed E-state index contributed by atoms with van der Waals surface area (Å²) in [6.45, 7) is 7.56. The minimum absolute atomic E-state index is 0.201. The monoisotopic (exact) mass is 500 g/mol. The zero-order chi connectivity index (χ0) is 26.7. The largest absolute Gasteiger partial charge is 0.507 e. The topological polar surface area (TPSA) is 65.2 Å². The molecule has 4 aromatic carbocycles. The molecule has 2 unspecified atom stereocenters. The van der Waals surface area contributed by atoms with E-state index in [-0.39, 0.29) is 23.6 Å². The Kier molecular flexibility index (Phi) is 9.03. The summed E-state index contributed by atoms with van der Waals surface area (Å²) < 4.78 is 0. The summed E-state index contributed by atoms with van der Waals surface area (Å²) >= 11 is 0. The maximum absolute atomic E-state index is 10.8. The van der Waals surface area contributed by atoms with E-state index in [0.29, 0.717) is 24.0 Å². The van der Waals surface area contributed by atoms with Crippen molar-refractivity contribution in [2.45, 2.75) is 24.9 Å². The Morgan fingerprint density at radius 3 is 1.32 bits per heavy atom. The number of phenolic OH excluding ortho intramolecular Hbond substituents is 2. The number of rotatable bonds is 11. The molecule has 0 saturated heterocycles. The Morgan fingerprint density at radius 1 is 0.553 bits per heavy atom. The molecule has 0 spiro atoms. The minimum atomic E-state index is -0.379. The molecule has 4 rings (SSSR count). The first-order valence-corrected chi connectivity index (χ1v) is 12.6. The van der Waals surface area contributed by atoms with E-state index in [2.05, 4.69) is 13.2 Å². The molecular formula is C34H32N2O2. The van der Waals surface area contributed by atoms with E-state index in [4.69, 9.17) is 9.98 Å². The van der Waals surface area contributed by atoms with E-state index in [1.165, 1.54) is 0 Å². The molecule has 0 amide bonds. The highest BCUT2D eigenvalue weighted by Gasteiger charge is 2.23. The Morgan fingerprint density at radius 2 is 0.947 bits per heavy atom. The first kappa shape index (κ1) is 26.4. The smallest absolute Gasteiger partial charge is 0.127 e. The van der Waals surface area contributed by atoms with Crippen molar-refractivity contribution in [2.75, 3.05) is 0 Å². The number of nitrogens with zero attached hydrogens (tertiary/aromatic N) is 2. The van der Waals surface area contributed by atoms with Crippen LogP contribution in [0.5, 0.6) is 11.5 Å². The molecule has 2 N–H and O–H groups in total. The fourth-order valence-corrected chi connectivity index (χ4v) is 4.39. The van der Waals surface area contributed by atoms with Crippen LogP contribution in [0, 0.1) is 0 Å². The van der Waals surface area contributed by atoms with Gasteiger partial charge in [-0.15, -0.1) is 13.2 Å². The zero-order valence-electron chi connectivity index (χ0n) is 21.3. The van der Waals surface area contributed by atoms with Crippen molar-refractivity contribution in [3.8, 4) is 11.5 Å². The standard InChI is InChI=1S/C34H32N2O2/c1-3-13-27-19-11-21-29(33(27)37)23-35-31(25-15-7-5-8-16-25)32(26-17-9-6-10-18-26)36-24-30-22-12-20-28(14-4-2)34(30)38/h3-12,15-24,31-32,37-38H,1-2,13-14H2. The Bertz CT molecular complexity index is 1310. The van der Waals surface area contributed by atoms with Gasteiger partial charge in [-0.1, -0.05) is 97.1 Å². The third-order valence-corrected chi connectivity index (χ3v) is 6.36. The first-order chi connectivity index (χ1) is 18.6.